The van der Waals surface area contributed by atoms with Crippen LogP contribution in [0.1, 0.15) is 62.3 Å². The molecule has 0 aromatic carbocycles. The first-order valence-electron chi connectivity index (χ1n) is 6.53. The molecule has 0 aromatic heterocycles. The molecule has 0 saturated carbocycles. The Morgan fingerprint density at radius 3 is 0.545 bits per heavy atom. The van der Waals surface area contributed by atoms with Crippen LogP contribution in [-0.4, -0.2) is 33.2 Å². The Morgan fingerprint density at radius 1 is 0.500 bits per heavy atom. The quantitative estimate of drug-likeness (QED) is 0.570. The van der Waals surface area contributed by atoms with Crippen molar-refractivity contribution in [1.29, 1.82) is 0 Å². The number of hydrogen-bond acceptors (Lipinski definition) is 3. The summed E-state index contributed by atoms with van der Waals surface area (Å²) in [7, 11) is 0. The smallest absolute Gasteiger partial charge is 0.308 e. The number of carboxylic acids is 3. The van der Waals surface area contributed by atoms with E-state index < -0.39 is 34.2 Å². The van der Waals surface area contributed by atoms with E-state index in [1.807, 2.05) is 0 Å². The van der Waals surface area contributed by atoms with Gasteiger partial charge in [0, 0.05) is 17.1 Å². The summed E-state index contributed by atoms with van der Waals surface area (Å²) in [6.07, 6.45) is 0. The molecule has 7 heteroatoms. The molecule has 0 bridgehead atoms. The van der Waals surface area contributed by atoms with E-state index in [1.54, 1.807) is 62.3 Å². The van der Waals surface area contributed by atoms with Crippen LogP contribution in [0.4, 0.5) is 0 Å². The fourth-order valence-electron chi connectivity index (χ4n) is 0. The summed E-state index contributed by atoms with van der Waals surface area (Å²) in [4.78, 5) is 30.1. The summed E-state index contributed by atoms with van der Waals surface area (Å²) in [5.74, 6) is -2.27. The van der Waals surface area contributed by atoms with E-state index in [4.69, 9.17) is 15.3 Å². The van der Waals surface area contributed by atoms with Crippen LogP contribution in [0.2, 0.25) is 0 Å². The largest absolute Gasteiger partial charge is 0.481 e. The van der Waals surface area contributed by atoms with Gasteiger partial charge in [-0.25, -0.2) is 0 Å². The normalized spacial score (nSPS) is 10.8. The van der Waals surface area contributed by atoms with Crippen LogP contribution >= 0.6 is 0 Å². The molecule has 0 aliphatic carbocycles. The summed E-state index contributed by atoms with van der Waals surface area (Å²) in [5.41, 5.74) is -1.75. The van der Waals surface area contributed by atoms with Gasteiger partial charge in [-0.3, -0.25) is 14.4 Å². The predicted molar refractivity (Wildman–Crippen MR) is 81.3 cm³/mol. The average molecular weight is 362 g/mol. The molecule has 0 unspecified atom stereocenters. The van der Waals surface area contributed by atoms with Crippen LogP contribution in [0.25, 0.3) is 0 Å². The Morgan fingerprint density at radius 2 is 0.545 bits per heavy atom. The van der Waals surface area contributed by atoms with E-state index in [0.29, 0.717) is 0 Å². The van der Waals surface area contributed by atoms with E-state index in [2.05, 4.69) is 0 Å². The fourth-order valence-corrected chi connectivity index (χ4v) is 0. The van der Waals surface area contributed by atoms with Crippen LogP contribution < -0.4 is 0 Å². The van der Waals surface area contributed by atoms with Crippen molar-refractivity contribution in [2.24, 2.45) is 16.2 Å². The first-order chi connectivity index (χ1) is 8.83. The number of rotatable bonds is 0. The van der Waals surface area contributed by atoms with Crippen molar-refractivity contribution < 1.29 is 46.8 Å². The monoisotopic (exact) mass is 362 g/mol. The zero-order chi connectivity index (χ0) is 18.2. The molecule has 0 aliphatic rings. The van der Waals surface area contributed by atoms with Gasteiger partial charge in [0.15, 0.2) is 0 Å². The van der Waals surface area contributed by atoms with Crippen LogP contribution in [0, 0.1) is 16.2 Å². The SMILES string of the molecule is CC(C)(C)C(=O)O.CC(C)(C)C(=O)O.CC(C)(C)C(=O)O.[Fe]. The van der Waals surface area contributed by atoms with Gasteiger partial charge in [-0.05, 0) is 62.3 Å². The van der Waals surface area contributed by atoms with Crippen molar-refractivity contribution >= 4 is 17.9 Å². The Labute approximate surface area is 143 Å². The molecule has 0 aliphatic heterocycles. The molecule has 0 fully saturated rings. The van der Waals surface area contributed by atoms with Crippen molar-refractivity contribution in [3.05, 3.63) is 0 Å². The molecule has 22 heavy (non-hydrogen) atoms. The number of carboxylic acid groups (broad SMARTS) is 3. The van der Waals surface area contributed by atoms with E-state index in [9.17, 15) is 14.4 Å². The fraction of sp³-hybridized carbons (Fsp3) is 0.800. The second kappa shape index (κ2) is 10.6. The molecule has 0 atom stereocenters. The van der Waals surface area contributed by atoms with E-state index >= 15 is 0 Å². The minimum atomic E-state index is -0.757. The second-order valence-electron chi connectivity index (χ2n) is 7.67. The molecule has 0 heterocycles. The molecule has 0 aromatic rings. The molecule has 0 radical (unpaired) electrons. The maximum Gasteiger partial charge on any atom is 0.308 e. The molecule has 3 N–H and O–H groups in total. The summed E-state index contributed by atoms with van der Waals surface area (Å²) in [6, 6.07) is 0. The molecule has 0 rings (SSSR count). The van der Waals surface area contributed by atoms with Crippen molar-refractivity contribution in [3.63, 3.8) is 0 Å². The molecule has 6 nitrogen and oxygen atoms in total. The minimum absolute atomic E-state index is 0. The Balaban J connectivity index is -0.000000108. The zero-order valence-corrected chi connectivity index (χ0v) is 16.0. The third-order valence-electron chi connectivity index (χ3n) is 1.92. The summed E-state index contributed by atoms with van der Waals surface area (Å²) in [5, 5.41) is 24.8. The Hall–Kier alpha value is -1.07. The van der Waals surface area contributed by atoms with Gasteiger partial charge in [0.1, 0.15) is 0 Å². The Kier molecular flexibility index (Phi) is 14.0. The van der Waals surface area contributed by atoms with Crippen molar-refractivity contribution in [1.82, 2.24) is 0 Å². The Bertz CT molecular complexity index is 299. The molecule has 0 amide bonds. The van der Waals surface area contributed by atoms with E-state index in [0.717, 1.165) is 0 Å². The summed E-state index contributed by atoms with van der Waals surface area (Å²) in [6.45, 7) is 15.0. The van der Waals surface area contributed by atoms with E-state index in [-0.39, 0.29) is 17.1 Å². The second-order valence-corrected chi connectivity index (χ2v) is 7.67. The van der Waals surface area contributed by atoms with Gasteiger partial charge in [0.25, 0.3) is 0 Å². The molecular formula is C15H30FeO6. The first kappa shape index (κ1) is 29.0. The maximum absolute atomic E-state index is 10.0. The molecule has 0 saturated heterocycles. The van der Waals surface area contributed by atoms with Crippen LogP contribution in [0.3, 0.4) is 0 Å². The topological polar surface area (TPSA) is 112 Å². The molecule has 0 spiro atoms. The number of hydrogen-bond donors (Lipinski definition) is 3. The van der Waals surface area contributed by atoms with Crippen LogP contribution in [0.5, 0.6) is 0 Å². The summed E-state index contributed by atoms with van der Waals surface area (Å²) < 4.78 is 0. The van der Waals surface area contributed by atoms with Crippen LogP contribution in [-0.2, 0) is 31.5 Å². The number of aliphatic carboxylic acids is 3. The number of carbonyl (C=O) groups is 3. The standard InChI is InChI=1S/3C5H10O2.Fe/c3*1-5(2,3)4(6)7;/h3*1-3H3,(H,6,7);. The van der Waals surface area contributed by atoms with Gasteiger partial charge in [0.2, 0.25) is 0 Å². The third kappa shape index (κ3) is 21.2. The maximum atomic E-state index is 10.0. The van der Waals surface area contributed by atoms with Crippen LogP contribution in [0.15, 0.2) is 0 Å². The summed E-state index contributed by atoms with van der Waals surface area (Å²) >= 11 is 0. The van der Waals surface area contributed by atoms with Gasteiger partial charge < -0.3 is 15.3 Å². The predicted octanol–water partition coefficient (Wildman–Crippen LogP) is 3.35. The van der Waals surface area contributed by atoms with Crippen molar-refractivity contribution in [2.45, 2.75) is 62.3 Å². The van der Waals surface area contributed by atoms with Gasteiger partial charge >= 0.3 is 17.9 Å². The first-order valence-corrected chi connectivity index (χ1v) is 6.53. The molecule has 134 valence electrons. The van der Waals surface area contributed by atoms with Crippen molar-refractivity contribution in [3.8, 4) is 0 Å². The van der Waals surface area contributed by atoms with Gasteiger partial charge in [-0.1, -0.05) is 0 Å². The van der Waals surface area contributed by atoms with Gasteiger partial charge in [0.05, 0.1) is 16.2 Å². The van der Waals surface area contributed by atoms with Gasteiger partial charge in [-0.15, -0.1) is 0 Å². The van der Waals surface area contributed by atoms with Gasteiger partial charge in [-0.2, -0.15) is 0 Å². The zero-order valence-electron chi connectivity index (χ0n) is 14.9. The molecular weight excluding hydrogens is 332 g/mol. The average Bonchev–Trinajstić information content (AvgIpc) is 2.14. The minimum Gasteiger partial charge on any atom is -0.481 e. The third-order valence-corrected chi connectivity index (χ3v) is 1.92. The van der Waals surface area contributed by atoms with E-state index in [1.165, 1.54) is 0 Å². The van der Waals surface area contributed by atoms with Crippen molar-refractivity contribution in [2.75, 3.05) is 0 Å².